The zero-order valence-electron chi connectivity index (χ0n) is 14.4. The Morgan fingerprint density at radius 1 is 1.33 bits per heavy atom. The van der Waals surface area contributed by atoms with E-state index >= 15 is 0 Å². The molecule has 8 nitrogen and oxygen atoms in total. The molecule has 0 saturated heterocycles. The fraction of sp³-hybridized carbons (Fsp3) is 0.294. The van der Waals surface area contributed by atoms with Gasteiger partial charge in [-0.15, -0.1) is 0 Å². The number of methoxy groups -OCH3 is 1. The van der Waals surface area contributed by atoms with E-state index in [4.69, 9.17) is 4.74 Å². The van der Waals surface area contributed by atoms with Crippen LogP contribution in [0.25, 0.3) is 0 Å². The fourth-order valence-electron chi connectivity index (χ4n) is 2.47. The molecule has 0 fully saturated rings. The van der Waals surface area contributed by atoms with Gasteiger partial charge in [0.25, 0.3) is 5.69 Å². The molecular formula is C17H17BrFN3O5. The second-order valence-electron chi connectivity index (χ2n) is 5.58. The number of carbonyl (C=O) groups is 1. The Kier molecular flexibility index (Phi) is 7.05. The molecule has 2 rings (SSSR count). The van der Waals surface area contributed by atoms with Crippen molar-refractivity contribution in [3.63, 3.8) is 0 Å². The molecule has 27 heavy (non-hydrogen) atoms. The first-order valence-electron chi connectivity index (χ1n) is 7.92. The van der Waals surface area contributed by atoms with Crippen LogP contribution in [0.1, 0.15) is 11.3 Å². The van der Waals surface area contributed by atoms with E-state index in [1.165, 1.54) is 31.4 Å². The van der Waals surface area contributed by atoms with Crippen molar-refractivity contribution in [2.75, 3.05) is 20.2 Å². The molecule has 0 aliphatic rings. The molecule has 1 aromatic carbocycles. The molecule has 1 aromatic heterocycles. The SMILES string of the molecule is COc1ccc([N+](=O)[O-])c(CCN(CCc2cc(F)ccc2Br)C(=O)O)n1. The highest BCUT2D eigenvalue weighted by Gasteiger charge is 2.19. The Labute approximate surface area is 162 Å². The molecule has 1 N–H and O–H groups in total. The summed E-state index contributed by atoms with van der Waals surface area (Å²) in [5.41, 5.74) is 0.568. The van der Waals surface area contributed by atoms with Crippen molar-refractivity contribution < 1.29 is 24.0 Å². The van der Waals surface area contributed by atoms with Gasteiger partial charge in [-0.2, -0.15) is 0 Å². The summed E-state index contributed by atoms with van der Waals surface area (Å²) in [6, 6.07) is 6.84. The molecule has 1 heterocycles. The van der Waals surface area contributed by atoms with Crippen molar-refractivity contribution in [3.8, 4) is 5.88 Å². The van der Waals surface area contributed by atoms with Crippen LogP contribution in [0.5, 0.6) is 5.88 Å². The number of aromatic nitrogens is 1. The Hall–Kier alpha value is -2.75. The average molecular weight is 442 g/mol. The van der Waals surface area contributed by atoms with Crippen LogP contribution in [-0.2, 0) is 12.8 Å². The van der Waals surface area contributed by atoms with Gasteiger partial charge in [0, 0.05) is 36.1 Å². The number of amides is 1. The van der Waals surface area contributed by atoms with Crippen molar-refractivity contribution in [1.82, 2.24) is 9.88 Å². The average Bonchev–Trinajstić information content (AvgIpc) is 2.63. The van der Waals surface area contributed by atoms with Crippen LogP contribution in [0.4, 0.5) is 14.9 Å². The number of halogens is 2. The second kappa shape index (κ2) is 9.26. The third-order valence-corrected chi connectivity index (χ3v) is 4.65. The number of rotatable bonds is 8. The molecule has 0 unspecified atom stereocenters. The Morgan fingerprint density at radius 3 is 2.67 bits per heavy atom. The Balaban J connectivity index is 2.10. The number of hydrogen-bond donors (Lipinski definition) is 1. The lowest BCUT2D eigenvalue weighted by molar-refractivity contribution is -0.386. The molecular weight excluding hydrogens is 425 g/mol. The molecule has 10 heteroatoms. The largest absolute Gasteiger partial charge is 0.481 e. The summed E-state index contributed by atoms with van der Waals surface area (Å²) in [5, 5.41) is 20.5. The molecule has 1 amide bonds. The minimum absolute atomic E-state index is 0.00325. The molecule has 0 atom stereocenters. The van der Waals surface area contributed by atoms with Gasteiger partial charge in [0.15, 0.2) is 0 Å². The number of nitrogens with zero attached hydrogens (tertiary/aromatic N) is 3. The van der Waals surface area contributed by atoms with E-state index < -0.39 is 16.8 Å². The highest BCUT2D eigenvalue weighted by Crippen LogP contribution is 2.22. The molecule has 0 radical (unpaired) electrons. The minimum atomic E-state index is -1.17. The van der Waals surface area contributed by atoms with Gasteiger partial charge >= 0.3 is 6.09 Å². The number of hydrogen-bond acceptors (Lipinski definition) is 5. The highest BCUT2D eigenvalue weighted by molar-refractivity contribution is 9.10. The van der Waals surface area contributed by atoms with Crippen LogP contribution in [0, 0.1) is 15.9 Å². The first-order valence-corrected chi connectivity index (χ1v) is 8.71. The molecule has 2 aromatic rings. The van der Waals surface area contributed by atoms with E-state index in [2.05, 4.69) is 20.9 Å². The molecule has 0 aliphatic carbocycles. The van der Waals surface area contributed by atoms with E-state index in [1.54, 1.807) is 6.07 Å². The van der Waals surface area contributed by atoms with Crippen molar-refractivity contribution in [2.45, 2.75) is 12.8 Å². The Bertz CT molecular complexity index is 849. The smallest absolute Gasteiger partial charge is 0.407 e. The van der Waals surface area contributed by atoms with Crippen molar-refractivity contribution in [1.29, 1.82) is 0 Å². The molecule has 0 bridgehead atoms. The predicted octanol–water partition coefficient (Wildman–Crippen LogP) is 3.67. The lowest BCUT2D eigenvalue weighted by Gasteiger charge is -2.19. The molecule has 0 saturated carbocycles. The summed E-state index contributed by atoms with van der Waals surface area (Å²) in [4.78, 5) is 27.2. The van der Waals surface area contributed by atoms with Gasteiger partial charge in [-0.05, 0) is 30.2 Å². The summed E-state index contributed by atoms with van der Waals surface area (Å²) in [6.45, 7) is 0.110. The van der Waals surface area contributed by atoms with Crippen LogP contribution >= 0.6 is 15.9 Å². The quantitative estimate of drug-likeness (QED) is 0.494. The number of nitro groups is 1. The highest BCUT2D eigenvalue weighted by atomic mass is 79.9. The van der Waals surface area contributed by atoms with Crippen LogP contribution in [-0.4, -0.2) is 46.2 Å². The normalized spacial score (nSPS) is 10.5. The van der Waals surface area contributed by atoms with Gasteiger partial charge in [-0.1, -0.05) is 15.9 Å². The zero-order valence-corrected chi connectivity index (χ0v) is 16.0. The first-order chi connectivity index (χ1) is 12.8. The molecule has 144 valence electrons. The van der Waals surface area contributed by atoms with E-state index in [1.807, 2.05) is 0 Å². The van der Waals surface area contributed by atoms with Crippen LogP contribution in [0.15, 0.2) is 34.8 Å². The van der Waals surface area contributed by atoms with Gasteiger partial charge in [-0.3, -0.25) is 10.1 Å². The number of benzene rings is 1. The summed E-state index contributed by atoms with van der Waals surface area (Å²) in [5.74, 6) is -0.201. The van der Waals surface area contributed by atoms with E-state index in [-0.39, 0.29) is 43.2 Å². The maximum atomic E-state index is 13.4. The van der Waals surface area contributed by atoms with E-state index in [0.29, 0.717) is 10.0 Å². The van der Waals surface area contributed by atoms with Gasteiger partial charge in [0.05, 0.1) is 12.0 Å². The van der Waals surface area contributed by atoms with Gasteiger partial charge in [-0.25, -0.2) is 14.2 Å². The van der Waals surface area contributed by atoms with E-state index in [9.17, 15) is 24.4 Å². The third kappa shape index (κ3) is 5.61. The van der Waals surface area contributed by atoms with Gasteiger partial charge in [0.2, 0.25) is 5.88 Å². The lowest BCUT2D eigenvalue weighted by atomic mass is 10.1. The summed E-state index contributed by atoms with van der Waals surface area (Å²) >= 11 is 3.30. The van der Waals surface area contributed by atoms with Crippen molar-refractivity contribution >= 4 is 27.7 Å². The number of pyridine rings is 1. The minimum Gasteiger partial charge on any atom is -0.481 e. The maximum absolute atomic E-state index is 13.4. The second-order valence-corrected chi connectivity index (χ2v) is 6.44. The summed E-state index contributed by atoms with van der Waals surface area (Å²) in [6.07, 6.45) is -0.837. The van der Waals surface area contributed by atoms with Crippen LogP contribution in [0.3, 0.4) is 0 Å². The standard InChI is InChI=1S/C17H17BrFN3O5/c1-27-16-5-4-15(22(25)26)14(20-16)7-9-21(17(23)24)8-6-11-10-12(19)2-3-13(11)18/h2-5,10H,6-9H2,1H3,(H,23,24). The van der Waals surface area contributed by atoms with Crippen LogP contribution < -0.4 is 4.74 Å². The van der Waals surface area contributed by atoms with Gasteiger partial charge in [0.1, 0.15) is 11.5 Å². The first kappa shape index (κ1) is 20.6. The van der Waals surface area contributed by atoms with Gasteiger partial charge < -0.3 is 14.7 Å². The van der Waals surface area contributed by atoms with Crippen molar-refractivity contribution in [3.05, 3.63) is 62.0 Å². The van der Waals surface area contributed by atoms with Crippen molar-refractivity contribution in [2.24, 2.45) is 0 Å². The number of ether oxygens (including phenoxy) is 1. The molecule has 0 spiro atoms. The summed E-state index contributed by atoms with van der Waals surface area (Å²) < 4.78 is 19.0. The zero-order chi connectivity index (χ0) is 20.0. The molecule has 0 aliphatic heterocycles. The fourth-order valence-corrected chi connectivity index (χ4v) is 2.92. The maximum Gasteiger partial charge on any atom is 0.407 e. The van der Waals surface area contributed by atoms with E-state index in [0.717, 1.165) is 4.90 Å². The third-order valence-electron chi connectivity index (χ3n) is 3.88. The summed E-state index contributed by atoms with van der Waals surface area (Å²) in [7, 11) is 1.39. The topological polar surface area (TPSA) is 106 Å². The van der Waals surface area contributed by atoms with Crippen LogP contribution in [0.2, 0.25) is 0 Å². The number of carboxylic acid groups (broad SMARTS) is 1. The lowest BCUT2D eigenvalue weighted by Crippen LogP contribution is -2.33. The monoisotopic (exact) mass is 441 g/mol. The predicted molar refractivity (Wildman–Crippen MR) is 98.5 cm³/mol. The Morgan fingerprint density at radius 2 is 2.04 bits per heavy atom.